The van der Waals surface area contributed by atoms with Crippen molar-refractivity contribution in [3.05, 3.63) is 95.8 Å². The molecule has 7 heteroatoms. The predicted molar refractivity (Wildman–Crippen MR) is 116 cm³/mol. The molecule has 0 aliphatic rings. The number of benzene rings is 2. The summed E-state index contributed by atoms with van der Waals surface area (Å²) < 4.78 is 25.7. The van der Waals surface area contributed by atoms with Crippen LogP contribution in [-0.4, -0.2) is 49.2 Å². The largest absolute Gasteiger partial charge is 0.332 e. The van der Waals surface area contributed by atoms with E-state index in [1.807, 2.05) is 48.5 Å². The Labute approximate surface area is 177 Å². The summed E-state index contributed by atoms with van der Waals surface area (Å²) in [5.74, 6) is -0.162. The first-order valence-corrected chi connectivity index (χ1v) is 11.1. The van der Waals surface area contributed by atoms with Crippen LogP contribution in [0.15, 0.2) is 83.9 Å². The molecule has 0 aliphatic carbocycles. The highest BCUT2D eigenvalue weighted by molar-refractivity contribution is 7.89. The molecule has 30 heavy (non-hydrogen) atoms. The van der Waals surface area contributed by atoms with Crippen molar-refractivity contribution in [1.82, 2.24) is 14.2 Å². The van der Waals surface area contributed by atoms with Crippen LogP contribution in [0.5, 0.6) is 0 Å². The molecule has 6 nitrogen and oxygen atoms in total. The molecule has 1 amide bonds. The van der Waals surface area contributed by atoms with Crippen LogP contribution < -0.4 is 0 Å². The van der Waals surface area contributed by atoms with Crippen molar-refractivity contribution in [2.24, 2.45) is 0 Å². The summed E-state index contributed by atoms with van der Waals surface area (Å²) >= 11 is 0. The van der Waals surface area contributed by atoms with Gasteiger partial charge in [-0.3, -0.25) is 9.78 Å². The van der Waals surface area contributed by atoms with Gasteiger partial charge in [0.25, 0.3) is 5.91 Å². The van der Waals surface area contributed by atoms with Gasteiger partial charge in [-0.05, 0) is 48.4 Å². The lowest BCUT2D eigenvalue weighted by Gasteiger charge is -2.23. The highest BCUT2D eigenvalue weighted by Gasteiger charge is 2.20. The number of carbonyl (C=O) groups is 1. The molecule has 0 bridgehead atoms. The lowest BCUT2D eigenvalue weighted by molar-refractivity contribution is 0.0743. The third kappa shape index (κ3) is 5.31. The smallest absolute Gasteiger partial charge is 0.254 e. The SMILES string of the molecule is CN(C)S(=O)(=O)c1ccc(C(=O)N(CCc2ccccc2)Cc2ccccn2)cc1. The second-order valence-corrected chi connectivity index (χ2v) is 9.25. The predicted octanol–water partition coefficient (Wildman–Crippen LogP) is 3.22. The summed E-state index contributed by atoms with van der Waals surface area (Å²) in [6.07, 6.45) is 2.42. The van der Waals surface area contributed by atoms with E-state index in [1.54, 1.807) is 23.2 Å². The fraction of sp³-hybridized carbons (Fsp3) is 0.217. The van der Waals surface area contributed by atoms with E-state index in [9.17, 15) is 13.2 Å². The van der Waals surface area contributed by atoms with E-state index in [4.69, 9.17) is 0 Å². The van der Waals surface area contributed by atoms with Crippen LogP contribution in [-0.2, 0) is 23.0 Å². The fourth-order valence-electron chi connectivity index (χ4n) is 3.01. The molecule has 0 fully saturated rings. The van der Waals surface area contributed by atoms with Crippen LogP contribution in [0.1, 0.15) is 21.6 Å². The summed E-state index contributed by atoms with van der Waals surface area (Å²) in [6.45, 7) is 0.904. The number of hydrogen-bond donors (Lipinski definition) is 0. The van der Waals surface area contributed by atoms with Crippen LogP contribution in [0.4, 0.5) is 0 Å². The van der Waals surface area contributed by atoms with Gasteiger partial charge in [0.05, 0.1) is 17.1 Å². The Hall–Kier alpha value is -3.03. The first kappa shape index (κ1) is 21.7. The third-order valence-electron chi connectivity index (χ3n) is 4.76. The van der Waals surface area contributed by atoms with Gasteiger partial charge in [-0.2, -0.15) is 0 Å². The molecule has 0 saturated heterocycles. The van der Waals surface area contributed by atoms with Gasteiger partial charge in [-0.25, -0.2) is 12.7 Å². The molecule has 1 heterocycles. The van der Waals surface area contributed by atoms with Crippen molar-refractivity contribution in [2.75, 3.05) is 20.6 Å². The topological polar surface area (TPSA) is 70.6 Å². The van der Waals surface area contributed by atoms with Crippen molar-refractivity contribution in [1.29, 1.82) is 0 Å². The standard InChI is InChI=1S/C23H25N3O3S/c1-25(2)30(28,29)22-13-11-20(12-14-22)23(27)26(18-21-10-6-7-16-24-21)17-15-19-8-4-3-5-9-19/h3-14,16H,15,17-18H2,1-2H3. The maximum Gasteiger partial charge on any atom is 0.254 e. The van der Waals surface area contributed by atoms with E-state index >= 15 is 0 Å². The Morgan fingerprint density at radius 1 is 0.900 bits per heavy atom. The van der Waals surface area contributed by atoms with Gasteiger partial charge in [0.2, 0.25) is 10.0 Å². The number of hydrogen-bond acceptors (Lipinski definition) is 4. The molecule has 0 radical (unpaired) electrons. The summed E-state index contributed by atoms with van der Waals surface area (Å²) in [6, 6.07) is 21.7. The van der Waals surface area contributed by atoms with Crippen molar-refractivity contribution in [3.63, 3.8) is 0 Å². The van der Waals surface area contributed by atoms with Crippen molar-refractivity contribution < 1.29 is 13.2 Å². The van der Waals surface area contributed by atoms with E-state index in [0.29, 0.717) is 25.1 Å². The minimum atomic E-state index is -3.54. The Balaban J connectivity index is 1.81. The van der Waals surface area contributed by atoms with E-state index in [2.05, 4.69) is 4.98 Å². The van der Waals surface area contributed by atoms with Gasteiger partial charge < -0.3 is 4.90 Å². The highest BCUT2D eigenvalue weighted by Crippen LogP contribution is 2.16. The maximum absolute atomic E-state index is 13.2. The molecule has 0 saturated carbocycles. The molecular weight excluding hydrogens is 398 g/mol. The van der Waals surface area contributed by atoms with Crippen LogP contribution in [0.25, 0.3) is 0 Å². The Morgan fingerprint density at radius 2 is 1.57 bits per heavy atom. The fourth-order valence-corrected chi connectivity index (χ4v) is 3.91. The minimum Gasteiger partial charge on any atom is -0.332 e. The molecule has 0 spiro atoms. The lowest BCUT2D eigenvalue weighted by atomic mass is 10.1. The van der Waals surface area contributed by atoms with Crippen LogP contribution in [0, 0.1) is 0 Å². The maximum atomic E-state index is 13.2. The van der Waals surface area contributed by atoms with Crippen LogP contribution in [0.2, 0.25) is 0 Å². The van der Waals surface area contributed by atoms with E-state index in [-0.39, 0.29) is 10.8 Å². The summed E-state index contributed by atoms with van der Waals surface area (Å²) in [4.78, 5) is 19.4. The molecule has 3 aromatic rings. The molecule has 1 aromatic heterocycles. The summed E-state index contributed by atoms with van der Waals surface area (Å²) in [7, 11) is -0.578. The Kier molecular flexibility index (Phi) is 6.97. The van der Waals surface area contributed by atoms with Gasteiger partial charge in [-0.15, -0.1) is 0 Å². The zero-order valence-electron chi connectivity index (χ0n) is 17.1. The van der Waals surface area contributed by atoms with Crippen molar-refractivity contribution in [2.45, 2.75) is 17.9 Å². The summed E-state index contributed by atoms with van der Waals surface area (Å²) in [5.41, 5.74) is 2.38. The number of pyridine rings is 1. The number of amides is 1. The van der Waals surface area contributed by atoms with Gasteiger partial charge >= 0.3 is 0 Å². The molecular formula is C23H25N3O3S. The molecule has 0 atom stereocenters. The number of aromatic nitrogens is 1. The zero-order valence-corrected chi connectivity index (χ0v) is 17.9. The second kappa shape index (κ2) is 9.65. The number of rotatable bonds is 8. The summed E-state index contributed by atoms with van der Waals surface area (Å²) in [5, 5.41) is 0. The van der Waals surface area contributed by atoms with E-state index < -0.39 is 10.0 Å². The number of carbonyl (C=O) groups excluding carboxylic acids is 1. The third-order valence-corrected chi connectivity index (χ3v) is 6.59. The molecule has 0 aliphatic heterocycles. The van der Waals surface area contributed by atoms with E-state index in [0.717, 1.165) is 15.6 Å². The highest BCUT2D eigenvalue weighted by atomic mass is 32.2. The molecule has 0 unspecified atom stereocenters. The number of nitrogens with zero attached hydrogens (tertiary/aromatic N) is 3. The van der Waals surface area contributed by atoms with Gasteiger partial charge in [0, 0.05) is 32.4 Å². The monoisotopic (exact) mass is 423 g/mol. The van der Waals surface area contributed by atoms with Gasteiger partial charge in [0.15, 0.2) is 0 Å². The van der Waals surface area contributed by atoms with Crippen LogP contribution >= 0.6 is 0 Å². The number of sulfonamides is 1. The average Bonchev–Trinajstić information content (AvgIpc) is 2.77. The molecule has 3 rings (SSSR count). The minimum absolute atomic E-state index is 0.157. The first-order chi connectivity index (χ1) is 14.4. The first-order valence-electron chi connectivity index (χ1n) is 9.63. The Morgan fingerprint density at radius 3 is 2.17 bits per heavy atom. The molecule has 0 N–H and O–H groups in total. The van der Waals surface area contributed by atoms with Crippen molar-refractivity contribution >= 4 is 15.9 Å². The van der Waals surface area contributed by atoms with Crippen LogP contribution in [0.3, 0.4) is 0 Å². The van der Waals surface area contributed by atoms with E-state index in [1.165, 1.54) is 26.2 Å². The van der Waals surface area contributed by atoms with Gasteiger partial charge in [-0.1, -0.05) is 36.4 Å². The molecule has 156 valence electrons. The lowest BCUT2D eigenvalue weighted by Crippen LogP contribution is -2.33. The van der Waals surface area contributed by atoms with Crippen molar-refractivity contribution in [3.8, 4) is 0 Å². The normalized spacial score (nSPS) is 11.4. The Bertz CT molecular complexity index is 1070. The zero-order chi connectivity index (χ0) is 21.6. The quantitative estimate of drug-likeness (QED) is 0.558. The van der Waals surface area contributed by atoms with Gasteiger partial charge in [0.1, 0.15) is 0 Å². The average molecular weight is 424 g/mol. The second-order valence-electron chi connectivity index (χ2n) is 7.10. The molecule has 2 aromatic carbocycles.